The predicted molar refractivity (Wildman–Crippen MR) is 141 cm³/mol. The zero-order valence-electron chi connectivity index (χ0n) is 20.8. The largest absolute Gasteiger partial charge is 0.506 e. The van der Waals surface area contributed by atoms with Crippen molar-refractivity contribution in [1.82, 2.24) is 5.32 Å². The molecule has 2 atom stereocenters. The quantitative estimate of drug-likeness (QED) is 0.257. The summed E-state index contributed by atoms with van der Waals surface area (Å²) in [4.78, 5) is 0. The number of nitrogens with one attached hydrogen (secondary N) is 2. The van der Waals surface area contributed by atoms with Gasteiger partial charge in [0.05, 0.1) is 32.3 Å². The van der Waals surface area contributed by atoms with Gasteiger partial charge in [-0.25, -0.2) is 8.42 Å². The van der Waals surface area contributed by atoms with E-state index >= 15 is 0 Å². The van der Waals surface area contributed by atoms with Crippen LogP contribution in [0.2, 0.25) is 0 Å². The molecule has 0 aliphatic heterocycles. The van der Waals surface area contributed by atoms with E-state index in [2.05, 4.69) is 22.2 Å². The van der Waals surface area contributed by atoms with Crippen molar-refractivity contribution in [2.75, 3.05) is 31.7 Å². The van der Waals surface area contributed by atoms with Crippen LogP contribution in [0.1, 0.15) is 29.2 Å². The van der Waals surface area contributed by atoms with E-state index in [1.54, 1.807) is 20.3 Å². The van der Waals surface area contributed by atoms with Crippen LogP contribution in [0.5, 0.6) is 17.2 Å². The van der Waals surface area contributed by atoms with E-state index < -0.39 is 16.1 Å². The summed E-state index contributed by atoms with van der Waals surface area (Å²) >= 11 is 0. The molecule has 0 unspecified atom stereocenters. The van der Waals surface area contributed by atoms with Crippen molar-refractivity contribution in [3.63, 3.8) is 0 Å². The Morgan fingerprint density at radius 1 is 0.917 bits per heavy atom. The lowest BCUT2D eigenvalue weighted by molar-refractivity contribution is 0.166. The summed E-state index contributed by atoms with van der Waals surface area (Å²) in [6, 6.07) is 20.5. The first kappa shape index (κ1) is 27.3. The molecule has 0 fully saturated rings. The number of anilines is 1. The summed E-state index contributed by atoms with van der Waals surface area (Å²) in [5.41, 5.74) is 3.02. The zero-order valence-corrected chi connectivity index (χ0v) is 21.6. The molecule has 0 aliphatic carbocycles. The van der Waals surface area contributed by atoms with Crippen molar-refractivity contribution in [1.29, 1.82) is 0 Å². The molecule has 4 N–H and O–H groups in total. The van der Waals surface area contributed by atoms with Crippen LogP contribution in [0.4, 0.5) is 5.69 Å². The average molecular weight is 515 g/mol. The summed E-state index contributed by atoms with van der Waals surface area (Å²) in [5, 5.41) is 24.2. The third-order valence-corrected chi connectivity index (χ3v) is 6.39. The predicted octanol–water partition coefficient (Wildman–Crippen LogP) is 3.65. The Morgan fingerprint density at radius 3 is 2.31 bits per heavy atom. The Hall–Kier alpha value is -3.27. The number of aliphatic hydroxyl groups excluding tert-OH is 1. The van der Waals surface area contributed by atoms with Crippen LogP contribution < -0.4 is 19.5 Å². The van der Waals surface area contributed by atoms with Crippen molar-refractivity contribution in [3.05, 3.63) is 83.4 Å². The standard InChI is InChI=1S/C27H34N2O6S/c1-34-26-14-11-21(17-27(26)35-2)23(12-9-19-7-5-4-6-8-19)28-18-22(30)15-20-10-13-25(31)24(16-20)29-36(3,32)33/h4-8,10-11,13-14,16-17,22-23,28-31H,9,12,15,18H2,1-3H3/t22-,23+/m0/s1. The second-order valence-corrected chi connectivity index (χ2v) is 10.4. The highest BCUT2D eigenvalue weighted by molar-refractivity contribution is 7.92. The first-order chi connectivity index (χ1) is 17.2. The molecule has 0 bridgehead atoms. The summed E-state index contributed by atoms with van der Waals surface area (Å²) in [6.07, 6.45) is 2.21. The van der Waals surface area contributed by atoms with Crippen LogP contribution in [0.3, 0.4) is 0 Å². The van der Waals surface area contributed by atoms with Crippen LogP contribution in [-0.2, 0) is 22.9 Å². The highest BCUT2D eigenvalue weighted by atomic mass is 32.2. The Labute approximate surface area is 213 Å². The van der Waals surface area contributed by atoms with Crippen LogP contribution >= 0.6 is 0 Å². The summed E-state index contributed by atoms with van der Waals surface area (Å²) in [7, 11) is -0.345. The van der Waals surface area contributed by atoms with Gasteiger partial charge in [-0.1, -0.05) is 42.5 Å². The molecule has 3 aromatic carbocycles. The van der Waals surface area contributed by atoms with Crippen LogP contribution in [-0.4, -0.2) is 51.8 Å². The molecule has 0 aromatic heterocycles. The van der Waals surface area contributed by atoms with Gasteiger partial charge < -0.3 is 25.0 Å². The molecule has 8 nitrogen and oxygen atoms in total. The number of hydrogen-bond donors (Lipinski definition) is 4. The number of hydrogen-bond acceptors (Lipinski definition) is 7. The van der Waals surface area contributed by atoms with Crippen molar-refractivity contribution >= 4 is 15.7 Å². The number of ether oxygens (including phenoxy) is 2. The number of methoxy groups -OCH3 is 2. The number of rotatable bonds is 13. The minimum absolute atomic E-state index is 0.0538. The third kappa shape index (κ3) is 8.15. The van der Waals surface area contributed by atoms with Crippen molar-refractivity contribution in [3.8, 4) is 17.2 Å². The van der Waals surface area contributed by atoms with Gasteiger partial charge in [-0.2, -0.15) is 0 Å². The van der Waals surface area contributed by atoms with Gasteiger partial charge in [0.2, 0.25) is 10.0 Å². The van der Waals surface area contributed by atoms with Gasteiger partial charge in [-0.15, -0.1) is 0 Å². The van der Waals surface area contributed by atoms with Gasteiger partial charge in [0, 0.05) is 12.6 Å². The maximum absolute atomic E-state index is 11.6. The van der Waals surface area contributed by atoms with E-state index in [1.807, 2.05) is 36.4 Å². The number of benzene rings is 3. The minimum atomic E-state index is -3.54. The smallest absolute Gasteiger partial charge is 0.229 e. The second kappa shape index (κ2) is 12.6. The number of phenolic OH excluding ortho intramolecular Hbond substituents is 1. The van der Waals surface area contributed by atoms with Gasteiger partial charge in [0.15, 0.2) is 11.5 Å². The average Bonchev–Trinajstić information content (AvgIpc) is 2.85. The number of sulfonamides is 1. The lowest BCUT2D eigenvalue weighted by Crippen LogP contribution is -2.32. The number of aliphatic hydroxyl groups is 1. The molecule has 0 heterocycles. The molecule has 3 aromatic rings. The third-order valence-electron chi connectivity index (χ3n) is 5.80. The Balaban J connectivity index is 1.71. The van der Waals surface area contributed by atoms with Crippen LogP contribution in [0, 0.1) is 0 Å². The fourth-order valence-electron chi connectivity index (χ4n) is 4.03. The van der Waals surface area contributed by atoms with E-state index in [1.165, 1.54) is 17.7 Å². The molecule has 0 saturated heterocycles. The van der Waals surface area contributed by atoms with Gasteiger partial charge in [-0.3, -0.25) is 4.72 Å². The Bertz CT molecular complexity index is 1230. The Morgan fingerprint density at radius 2 is 1.64 bits per heavy atom. The molecule has 194 valence electrons. The maximum Gasteiger partial charge on any atom is 0.229 e. The fourth-order valence-corrected chi connectivity index (χ4v) is 4.59. The summed E-state index contributed by atoms with van der Waals surface area (Å²) in [5.74, 6) is 1.11. The number of aryl methyl sites for hydroxylation is 1. The molecular weight excluding hydrogens is 480 g/mol. The van der Waals surface area contributed by atoms with E-state index in [-0.39, 0.29) is 23.9 Å². The van der Waals surface area contributed by atoms with Gasteiger partial charge >= 0.3 is 0 Å². The zero-order chi connectivity index (χ0) is 26.1. The maximum atomic E-state index is 11.6. The number of phenols is 1. The SMILES string of the molecule is COc1ccc([C@@H](CCc2ccccc2)NC[C@@H](O)Cc2ccc(O)c(NS(C)(=O)=O)c2)cc1OC. The van der Waals surface area contributed by atoms with E-state index in [4.69, 9.17) is 9.47 Å². The van der Waals surface area contributed by atoms with Gasteiger partial charge in [0.25, 0.3) is 0 Å². The molecule has 0 spiro atoms. The van der Waals surface area contributed by atoms with Crippen LogP contribution in [0.25, 0.3) is 0 Å². The molecule has 9 heteroatoms. The molecule has 0 radical (unpaired) electrons. The van der Waals surface area contributed by atoms with E-state index in [0.29, 0.717) is 23.6 Å². The number of aromatic hydroxyl groups is 1. The Kier molecular flexibility index (Phi) is 9.58. The first-order valence-corrected chi connectivity index (χ1v) is 13.5. The molecular formula is C27H34N2O6S. The molecule has 0 aliphatic rings. The normalized spacial score (nSPS) is 13.1. The molecule has 0 saturated carbocycles. The molecule has 0 amide bonds. The van der Waals surface area contributed by atoms with Crippen molar-refractivity contribution in [2.45, 2.75) is 31.4 Å². The fraction of sp³-hybridized carbons (Fsp3) is 0.333. The highest BCUT2D eigenvalue weighted by Crippen LogP contribution is 2.31. The van der Waals surface area contributed by atoms with Crippen LogP contribution in [0.15, 0.2) is 66.7 Å². The first-order valence-electron chi connectivity index (χ1n) is 11.7. The summed E-state index contributed by atoms with van der Waals surface area (Å²) in [6.45, 7) is 0.309. The highest BCUT2D eigenvalue weighted by Gasteiger charge is 2.17. The second-order valence-electron chi connectivity index (χ2n) is 8.68. The summed E-state index contributed by atoms with van der Waals surface area (Å²) < 4.78 is 36.2. The molecule has 36 heavy (non-hydrogen) atoms. The topological polar surface area (TPSA) is 117 Å². The van der Waals surface area contributed by atoms with Crippen molar-refractivity contribution < 1.29 is 28.1 Å². The minimum Gasteiger partial charge on any atom is -0.506 e. The van der Waals surface area contributed by atoms with E-state index in [9.17, 15) is 18.6 Å². The molecule has 3 rings (SSSR count). The lowest BCUT2D eigenvalue weighted by Gasteiger charge is -2.23. The lowest BCUT2D eigenvalue weighted by atomic mass is 9.98. The van der Waals surface area contributed by atoms with Crippen molar-refractivity contribution in [2.24, 2.45) is 0 Å². The monoisotopic (exact) mass is 514 g/mol. The van der Waals surface area contributed by atoms with Gasteiger partial charge in [0.1, 0.15) is 5.75 Å². The van der Waals surface area contributed by atoms with Gasteiger partial charge in [-0.05, 0) is 60.2 Å². The van der Waals surface area contributed by atoms with E-state index in [0.717, 1.165) is 24.7 Å².